The second-order valence-corrected chi connectivity index (χ2v) is 5.08. The fourth-order valence-corrected chi connectivity index (χ4v) is 2.54. The highest BCUT2D eigenvalue weighted by Gasteiger charge is 2.30. The zero-order valence-corrected chi connectivity index (χ0v) is 9.93. The van der Waals surface area contributed by atoms with Gasteiger partial charge in [-0.1, -0.05) is 31.9 Å². The molecule has 1 aliphatic rings. The number of rotatable bonds is 1. The van der Waals surface area contributed by atoms with Gasteiger partial charge in [0.2, 0.25) is 0 Å². The van der Waals surface area contributed by atoms with E-state index in [-0.39, 0.29) is 0 Å². The molecule has 1 fully saturated rings. The van der Waals surface area contributed by atoms with E-state index in [0.29, 0.717) is 5.92 Å². The molecule has 2 rings (SSSR count). The molecule has 1 aromatic carbocycles. The third kappa shape index (κ3) is 3.02. The lowest BCUT2D eigenvalue weighted by Crippen LogP contribution is -2.11. The van der Waals surface area contributed by atoms with Crippen LogP contribution in [0.1, 0.15) is 49.7 Å². The summed E-state index contributed by atoms with van der Waals surface area (Å²) in [6.07, 6.45) is 0.357. The Kier molecular flexibility index (Phi) is 3.45. The second kappa shape index (κ2) is 4.71. The fourth-order valence-electron chi connectivity index (χ4n) is 2.54. The van der Waals surface area contributed by atoms with E-state index < -0.39 is 11.7 Å². The van der Waals surface area contributed by atoms with E-state index in [9.17, 15) is 13.2 Å². The van der Waals surface area contributed by atoms with Crippen molar-refractivity contribution in [1.29, 1.82) is 0 Å². The second-order valence-electron chi connectivity index (χ2n) is 5.08. The first-order chi connectivity index (χ1) is 7.97. The highest BCUT2D eigenvalue weighted by molar-refractivity contribution is 5.27. The molecule has 94 valence electrons. The van der Waals surface area contributed by atoms with Crippen molar-refractivity contribution in [2.75, 3.05) is 0 Å². The minimum absolute atomic E-state index is 0.452. The molecule has 0 bridgehead atoms. The third-order valence-corrected chi connectivity index (χ3v) is 3.73. The standard InChI is InChI=1S/C14H17F3/c1-10-2-4-11(5-3-10)12-6-8-13(9-7-12)14(15,16)17/h6-11H,2-5H2,1H3/t10-,11-. The van der Waals surface area contributed by atoms with Gasteiger partial charge in [-0.25, -0.2) is 0 Å². The van der Waals surface area contributed by atoms with Crippen LogP contribution in [0.5, 0.6) is 0 Å². The Balaban J connectivity index is 2.08. The summed E-state index contributed by atoms with van der Waals surface area (Å²) in [5.74, 6) is 1.22. The lowest BCUT2D eigenvalue weighted by molar-refractivity contribution is -0.137. The average molecular weight is 242 g/mol. The molecule has 3 heteroatoms. The van der Waals surface area contributed by atoms with Crippen LogP contribution in [0.3, 0.4) is 0 Å². The summed E-state index contributed by atoms with van der Waals surface area (Å²) in [6, 6.07) is 5.69. The first kappa shape index (κ1) is 12.5. The minimum atomic E-state index is -4.22. The predicted molar refractivity (Wildman–Crippen MR) is 61.8 cm³/mol. The summed E-state index contributed by atoms with van der Waals surface area (Å²) in [5.41, 5.74) is 0.510. The molecule has 0 saturated heterocycles. The van der Waals surface area contributed by atoms with Gasteiger partial charge in [-0.3, -0.25) is 0 Å². The van der Waals surface area contributed by atoms with Crippen molar-refractivity contribution >= 4 is 0 Å². The number of hydrogen-bond donors (Lipinski definition) is 0. The maximum absolute atomic E-state index is 12.4. The Hall–Kier alpha value is -0.990. The molecular formula is C14H17F3. The van der Waals surface area contributed by atoms with E-state index in [1.165, 1.54) is 25.0 Å². The summed E-state index contributed by atoms with van der Waals surface area (Å²) in [7, 11) is 0. The molecule has 0 heterocycles. The van der Waals surface area contributed by atoms with E-state index in [1.807, 2.05) is 0 Å². The van der Waals surface area contributed by atoms with Crippen LogP contribution in [0.15, 0.2) is 24.3 Å². The van der Waals surface area contributed by atoms with Crippen molar-refractivity contribution in [3.05, 3.63) is 35.4 Å². The molecule has 0 N–H and O–H groups in total. The molecule has 1 saturated carbocycles. The number of halogens is 3. The van der Waals surface area contributed by atoms with Gasteiger partial charge in [0.05, 0.1) is 5.56 Å². The van der Waals surface area contributed by atoms with E-state index in [4.69, 9.17) is 0 Å². The van der Waals surface area contributed by atoms with Crippen LogP contribution in [-0.4, -0.2) is 0 Å². The van der Waals surface area contributed by atoms with Gasteiger partial charge in [-0.15, -0.1) is 0 Å². The van der Waals surface area contributed by atoms with Crippen LogP contribution in [0, 0.1) is 5.92 Å². The molecule has 0 unspecified atom stereocenters. The molecule has 0 radical (unpaired) electrons. The molecule has 0 nitrogen and oxygen atoms in total. The van der Waals surface area contributed by atoms with Gasteiger partial charge in [-0.05, 0) is 42.4 Å². The molecule has 0 aromatic heterocycles. The van der Waals surface area contributed by atoms with Crippen molar-refractivity contribution in [1.82, 2.24) is 0 Å². The average Bonchev–Trinajstić information content (AvgIpc) is 2.29. The predicted octanol–water partition coefficient (Wildman–Crippen LogP) is 5.00. The van der Waals surface area contributed by atoms with E-state index in [1.54, 1.807) is 12.1 Å². The number of alkyl halides is 3. The van der Waals surface area contributed by atoms with Gasteiger partial charge in [-0.2, -0.15) is 13.2 Å². The van der Waals surface area contributed by atoms with Gasteiger partial charge >= 0.3 is 6.18 Å². The first-order valence-corrected chi connectivity index (χ1v) is 6.14. The van der Waals surface area contributed by atoms with Crippen molar-refractivity contribution in [2.24, 2.45) is 5.92 Å². The Bertz CT molecular complexity index is 356. The van der Waals surface area contributed by atoms with Gasteiger partial charge in [0.1, 0.15) is 0 Å². The molecule has 1 aromatic rings. The monoisotopic (exact) mass is 242 g/mol. The quantitative estimate of drug-likeness (QED) is 0.650. The molecule has 1 aliphatic carbocycles. The normalized spacial score (nSPS) is 25.9. The lowest BCUT2D eigenvalue weighted by atomic mass is 9.79. The first-order valence-electron chi connectivity index (χ1n) is 6.14. The maximum atomic E-state index is 12.4. The van der Waals surface area contributed by atoms with Crippen molar-refractivity contribution in [2.45, 2.75) is 44.7 Å². The Morgan fingerprint density at radius 2 is 1.47 bits per heavy atom. The topological polar surface area (TPSA) is 0 Å². The summed E-state index contributed by atoms with van der Waals surface area (Å²) in [4.78, 5) is 0. The van der Waals surface area contributed by atoms with E-state index in [0.717, 1.165) is 24.3 Å². The van der Waals surface area contributed by atoms with Crippen molar-refractivity contribution in [3.8, 4) is 0 Å². The molecule has 0 spiro atoms. The molecule has 0 aliphatic heterocycles. The van der Waals surface area contributed by atoms with Gasteiger partial charge in [0.25, 0.3) is 0 Å². The molecular weight excluding hydrogens is 225 g/mol. The number of benzene rings is 1. The summed E-state index contributed by atoms with van der Waals surface area (Å²) >= 11 is 0. The summed E-state index contributed by atoms with van der Waals surface area (Å²) < 4.78 is 37.2. The van der Waals surface area contributed by atoms with Crippen LogP contribution in [0.25, 0.3) is 0 Å². The fraction of sp³-hybridized carbons (Fsp3) is 0.571. The highest BCUT2D eigenvalue weighted by Crippen LogP contribution is 2.36. The molecule has 17 heavy (non-hydrogen) atoms. The summed E-state index contributed by atoms with van der Waals surface area (Å²) in [6.45, 7) is 2.24. The SMILES string of the molecule is C[C@H]1CC[C@H](c2ccc(C(F)(F)F)cc2)CC1. The van der Waals surface area contributed by atoms with Crippen LogP contribution in [0.4, 0.5) is 13.2 Å². The van der Waals surface area contributed by atoms with Gasteiger partial charge in [0.15, 0.2) is 0 Å². The van der Waals surface area contributed by atoms with Crippen LogP contribution >= 0.6 is 0 Å². The Labute approximate surface area is 99.8 Å². The largest absolute Gasteiger partial charge is 0.416 e. The van der Waals surface area contributed by atoms with Crippen LogP contribution < -0.4 is 0 Å². The zero-order valence-electron chi connectivity index (χ0n) is 9.93. The Morgan fingerprint density at radius 3 is 1.94 bits per heavy atom. The van der Waals surface area contributed by atoms with Gasteiger partial charge in [0, 0.05) is 0 Å². The van der Waals surface area contributed by atoms with E-state index in [2.05, 4.69) is 6.92 Å². The van der Waals surface area contributed by atoms with Crippen molar-refractivity contribution < 1.29 is 13.2 Å². The Morgan fingerprint density at radius 1 is 0.941 bits per heavy atom. The van der Waals surface area contributed by atoms with Gasteiger partial charge < -0.3 is 0 Å². The van der Waals surface area contributed by atoms with Crippen molar-refractivity contribution in [3.63, 3.8) is 0 Å². The minimum Gasteiger partial charge on any atom is -0.166 e. The van der Waals surface area contributed by atoms with Crippen LogP contribution in [0.2, 0.25) is 0 Å². The van der Waals surface area contributed by atoms with Crippen LogP contribution in [-0.2, 0) is 6.18 Å². The lowest BCUT2D eigenvalue weighted by Gasteiger charge is -2.26. The molecule has 0 atom stereocenters. The molecule has 0 amide bonds. The number of hydrogen-bond acceptors (Lipinski definition) is 0. The third-order valence-electron chi connectivity index (χ3n) is 3.73. The maximum Gasteiger partial charge on any atom is 0.416 e. The highest BCUT2D eigenvalue weighted by atomic mass is 19.4. The summed E-state index contributed by atoms with van der Waals surface area (Å²) in [5, 5.41) is 0. The zero-order chi connectivity index (χ0) is 12.5. The van der Waals surface area contributed by atoms with E-state index >= 15 is 0 Å². The smallest absolute Gasteiger partial charge is 0.166 e.